The fraction of sp³-hybridized carbons (Fsp3) is 0.368. The molecule has 0 spiro atoms. The van der Waals surface area contributed by atoms with Gasteiger partial charge in [-0.05, 0) is 23.6 Å². The van der Waals surface area contributed by atoms with E-state index in [-0.39, 0.29) is 5.91 Å². The number of benzene rings is 1. The van der Waals surface area contributed by atoms with Crippen LogP contribution in [0.4, 0.5) is 0 Å². The molecular formula is C19H22N3OS3+. The van der Waals surface area contributed by atoms with E-state index in [9.17, 15) is 4.79 Å². The van der Waals surface area contributed by atoms with Crippen LogP contribution in [0.5, 0.6) is 0 Å². The van der Waals surface area contributed by atoms with E-state index in [4.69, 9.17) is 4.98 Å². The molecule has 3 aromatic rings. The number of nitrogens with one attached hydrogen (secondary N) is 1. The number of aromatic nitrogens is 1. The summed E-state index contributed by atoms with van der Waals surface area (Å²) in [5, 5.41) is 3.29. The first kappa shape index (κ1) is 18.0. The summed E-state index contributed by atoms with van der Waals surface area (Å²) >= 11 is 5.27. The van der Waals surface area contributed by atoms with E-state index in [1.165, 1.54) is 19.5 Å². The molecule has 136 valence electrons. The fourth-order valence-electron chi connectivity index (χ4n) is 3.18. The van der Waals surface area contributed by atoms with Gasteiger partial charge in [-0.3, -0.25) is 4.79 Å². The van der Waals surface area contributed by atoms with Crippen LogP contribution < -0.4 is 4.90 Å². The van der Waals surface area contributed by atoms with Crippen molar-refractivity contribution in [2.45, 2.75) is 12.3 Å². The summed E-state index contributed by atoms with van der Waals surface area (Å²) in [5.74, 6) is 1.81. The van der Waals surface area contributed by atoms with E-state index in [1.807, 2.05) is 11.0 Å². The van der Waals surface area contributed by atoms with Crippen molar-refractivity contribution in [2.24, 2.45) is 0 Å². The van der Waals surface area contributed by atoms with Crippen molar-refractivity contribution in [3.8, 4) is 0 Å². The maximum absolute atomic E-state index is 12.4. The molecule has 0 unspecified atom stereocenters. The molecule has 0 bridgehead atoms. The maximum atomic E-state index is 12.4. The molecule has 0 radical (unpaired) electrons. The quantitative estimate of drug-likeness (QED) is 0.686. The molecular weight excluding hydrogens is 382 g/mol. The van der Waals surface area contributed by atoms with E-state index in [2.05, 4.69) is 35.7 Å². The van der Waals surface area contributed by atoms with Crippen LogP contribution in [0.3, 0.4) is 0 Å². The average Bonchev–Trinajstić information content (AvgIpc) is 3.31. The maximum Gasteiger partial charge on any atom is 0.232 e. The Morgan fingerprint density at radius 2 is 2.04 bits per heavy atom. The molecule has 0 aliphatic carbocycles. The van der Waals surface area contributed by atoms with Crippen LogP contribution in [0.15, 0.2) is 41.8 Å². The van der Waals surface area contributed by atoms with Crippen molar-refractivity contribution in [1.29, 1.82) is 0 Å². The van der Waals surface area contributed by atoms with Gasteiger partial charge in [0.15, 0.2) is 0 Å². The number of hydrogen-bond acceptors (Lipinski definition) is 5. The van der Waals surface area contributed by atoms with Crippen LogP contribution >= 0.6 is 34.4 Å². The monoisotopic (exact) mass is 404 g/mol. The first-order valence-corrected chi connectivity index (χ1v) is 11.7. The normalized spacial score (nSPS) is 15.6. The Morgan fingerprint density at radius 3 is 2.81 bits per heavy atom. The fourth-order valence-corrected chi connectivity index (χ4v) is 5.99. The largest absolute Gasteiger partial charge is 0.331 e. The van der Waals surface area contributed by atoms with Crippen molar-refractivity contribution in [1.82, 2.24) is 9.88 Å². The van der Waals surface area contributed by atoms with Crippen molar-refractivity contribution in [2.75, 3.05) is 31.9 Å². The summed E-state index contributed by atoms with van der Waals surface area (Å²) in [6.45, 7) is 4.71. The summed E-state index contributed by atoms with van der Waals surface area (Å²) < 4.78 is 1.26. The minimum Gasteiger partial charge on any atom is -0.331 e. The number of carbonyl (C=O) groups excluding carboxylic acids is 1. The molecule has 1 fully saturated rings. The van der Waals surface area contributed by atoms with Gasteiger partial charge in [0.05, 0.1) is 42.1 Å². The third-order valence-electron chi connectivity index (χ3n) is 4.61. The van der Waals surface area contributed by atoms with E-state index < -0.39 is 0 Å². The zero-order valence-corrected chi connectivity index (χ0v) is 17.0. The lowest BCUT2D eigenvalue weighted by Gasteiger charge is -2.31. The van der Waals surface area contributed by atoms with Crippen LogP contribution in [0, 0.1) is 0 Å². The van der Waals surface area contributed by atoms with Crippen molar-refractivity contribution in [3.63, 3.8) is 0 Å². The van der Waals surface area contributed by atoms with Gasteiger partial charge >= 0.3 is 0 Å². The van der Waals surface area contributed by atoms with Crippen molar-refractivity contribution in [3.05, 3.63) is 51.7 Å². The highest BCUT2D eigenvalue weighted by Gasteiger charge is 2.24. The first-order chi connectivity index (χ1) is 12.8. The first-order valence-electron chi connectivity index (χ1n) is 8.84. The lowest BCUT2D eigenvalue weighted by Crippen LogP contribution is -3.13. The number of hydrogen-bond donors (Lipinski definition) is 1. The van der Waals surface area contributed by atoms with Crippen molar-refractivity contribution >= 4 is 50.6 Å². The molecule has 3 heterocycles. The number of rotatable bonds is 6. The van der Waals surface area contributed by atoms with Gasteiger partial charge in [0.1, 0.15) is 11.6 Å². The van der Waals surface area contributed by atoms with Gasteiger partial charge in [0, 0.05) is 10.6 Å². The second kappa shape index (κ2) is 8.52. The molecule has 1 N–H and O–H groups in total. The van der Waals surface area contributed by atoms with E-state index in [0.29, 0.717) is 5.75 Å². The Hall–Kier alpha value is -1.41. The van der Waals surface area contributed by atoms with Gasteiger partial charge in [-0.25, -0.2) is 4.98 Å². The van der Waals surface area contributed by atoms with Crippen molar-refractivity contribution < 1.29 is 9.69 Å². The highest BCUT2D eigenvalue weighted by Crippen LogP contribution is 2.21. The van der Waals surface area contributed by atoms with Gasteiger partial charge in [0.25, 0.3) is 0 Å². The molecule has 26 heavy (non-hydrogen) atoms. The lowest BCUT2D eigenvalue weighted by atomic mass is 10.3. The molecule has 4 rings (SSSR count). The van der Waals surface area contributed by atoms with Gasteiger partial charge in [0.2, 0.25) is 5.91 Å². The number of thiazole rings is 1. The Labute approximate surface area is 165 Å². The highest BCUT2D eigenvalue weighted by atomic mass is 32.2. The van der Waals surface area contributed by atoms with E-state index in [1.54, 1.807) is 34.4 Å². The van der Waals surface area contributed by atoms with E-state index in [0.717, 1.165) is 44.0 Å². The SMILES string of the molecule is O=C(CSCc1cccs1)N1CC[NH+](Cc2nc3ccccc3s2)CC1. The number of fused-ring (bicyclic) bond motifs is 1. The molecule has 4 nitrogen and oxygen atoms in total. The number of carbonyl (C=O) groups is 1. The summed E-state index contributed by atoms with van der Waals surface area (Å²) in [6, 6.07) is 12.5. The summed E-state index contributed by atoms with van der Waals surface area (Å²) in [4.78, 5) is 22.0. The van der Waals surface area contributed by atoms with E-state index >= 15 is 0 Å². The molecule has 1 saturated heterocycles. The summed E-state index contributed by atoms with van der Waals surface area (Å²) in [5.41, 5.74) is 1.10. The topological polar surface area (TPSA) is 37.6 Å². The standard InChI is InChI=1S/C19H21N3OS3/c23-19(14-24-13-15-4-3-11-25-15)22-9-7-21(8-10-22)12-18-20-16-5-1-2-6-17(16)26-18/h1-6,11H,7-10,12-14H2/p+1. The third kappa shape index (κ3) is 4.46. The Morgan fingerprint density at radius 1 is 1.19 bits per heavy atom. The predicted molar refractivity (Wildman–Crippen MR) is 111 cm³/mol. The predicted octanol–water partition coefficient (Wildman–Crippen LogP) is 2.52. The summed E-state index contributed by atoms with van der Waals surface area (Å²) in [6.07, 6.45) is 0. The minimum atomic E-state index is 0.283. The molecule has 1 amide bonds. The Balaban J connectivity index is 1.22. The Kier molecular flexibility index (Phi) is 5.89. The molecule has 2 aromatic heterocycles. The van der Waals surface area contributed by atoms with Crippen LogP contribution in [0.2, 0.25) is 0 Å². The van der Waals surface area contributed by atoms with Crippen LogP contribution in [0.1, 0.15) is 9.88 Å². The number of amides is 1. The zero-order chi connectivity index (χ0) is 17.8. The van der Waals surface area contributed by atoms with Gasteiger partial charge in [-0.2, -0.15) is 0 Å². The van der Waals surface area contributed by atoms with Crippen LogP contribution in [0.25, 0.3) is 10.2 Å². The summed E-state index contributed by atoms with van der Waals surface area (Å²) in [7, 11) is 0. The smallest absolute Gasteiger partial charge is 0.232 e. The average molecular weight is 405 g/mol. The molecule has 1 aromatic carbocycles. The molecule has 0 atom stereocenters. The number of thioether (sulfide) groups is 1. The van der Waals surface area contributed by atoms with Gasteiger partial charge in [-0.1, -0.05) is 18.2 Å². The number of nitrogens with zero attached hydrogens (tertiary/aromatic N) is 2. The number of quaternary nitrogens is 1. The second-order valence-corrected chi connectivity index (χ2v) is 9.59. The van der Waals surface area contributed by atoms with Crippen LogP contribution in [-0.2, 0) is 17.1 Å². The molecule has 1 aliphatic heterocycles. The number of piperazine rings is 1. The number of thiophene rings is 1. The lowest BCUT2D eigenvalue weighted by molar-refractivity contribution is -0.917. The van der Waals surface area contributed by atoms with Gasteiger partial charge in [-0.15, -0.1) is 34.4 Å². The molecule has 1 aliphatic rings. The minimum absolute atomic E-state index is 0.283. The molecule has 0 saturated carbocycles. The second-order valence-electron chi connectivity index (χ2n) is 6.46. The number of para-hydroxylation sites is 1. The highest BCUT2D eigenvalue weighted by molar-refractivity contribution is 7.99. The zero-order valence-electron chi connectivity index (χ0n) is 14.5. The van der Waals surface area contributed by atoms with Crippen LogP contribution in [-0.4, -0.2) is 47.7 Å². The third-order valence-corrected chi connectivity index (χ3v) is 7.67. The molecule has 7 heteroatoms. The van der Waals surface area contributed by atoms with Gasteiger partial charge < -0.3 is 9.80 Å². The Bertz CT molecular complexity index is 821.